The lowest BCUT2D eigenvalue weighted by Gasteiger charge is -2.44. The summed E-state index contributed by atoms with van der Waals surface area (Å²) in [6.45, 7) is 20.0. The van der Waals surface area contributed by atoms with E-state index in [0.29, 0.717) is 70.4 Å². The SMILES string of the molecule is CCCCCCCCC(=O)O.CCCCCCCCCCCCCC[C@@H](O)[C@@H](O)[C@H](CO[C@H]1OC(CO)[C@H](O)[C@H](O)C1O)NC(=O)CCCCCCCCCCCNC(=O)CCCCCCCC.CCCCCCCCCCCCCC[C@@H](OCc1ccccc1)[C@@H](OCc1ccccc1)[C@H](CO[C@H]1OC(COCc2ccccc2)[C@H](C)[C@H](C)C1C)NC(=O)CCCCCCCCCCCC. The van der Waals surface area contributed by atoms with Crippen LogP contribution in [-0.4, -0.2) is 172 Å². The summed E-state index contributed by atoms with van der Waals surface area (Å²) in [5.74, 6) is 0.0638. The van der Waals surface area contributed by atoms with Crippen LogP contribution in [0.3, 0.4) is 0 Å². The Hall–Kier alpha value is -4.98. The Morgan fingerprint density at radius 1 is 0.353 bits per heavy atom. The van der Waals surface area contributed by atoms with Crippen LogP contribution >= 0.6 is 0 Å². The van der Waals surface area contributed by atoms with Gasteiger partial charge in [-0.25, -0.2) is 0 Å². The molecule has 0 radical (unpaired) electrons. The molecular weight excluding hydrogens is 1710 g/mol. The van der Waals surface area contributed by atoms with Crippen molar-refractivity contribution in [3.05, 3.63) is 108 Å². The van der Waals surface area contributed by atoms with E-state index in [0.717, 1.165) is 158 Å². The Bertz CT molecular complexity index is 3180. The minimum atomic E-state index is -1.62. The van der Waals surface area contributed by atoms with Crippen molar-refractivity contribution in [1.29, 1.82) is 0 Å². The highest BCUT2D eigenvalue weighted by molar-refractivity contribution is 5.77. The molecule has 21 nitrogen and oxygen atoms in total. The highest BCUT2D eigenvalue weighted by Crippen LogP contribution is 2.37. The second-order valence-corrected chi connectivity index (χ2v) is 40.0. The molecule has 2 saturated heterocycles. The van der Waals surface area contributed by atoms with Gasteiger partial charge in [-0.15, -0.1) is 0 Å². The first-order valence-electron chi connectivity index (χ1n) is 55.9. The van der Waals surface area contributed by atoms with Gasteiger partial charge >= 0.3 is 5.97 Å². The number of carbonyl (C=O) groups is 4. The standard InChI is InChI=1S/C61H97NO6.C45H88N2O10.C9H18O2/c1-6-8-10-12-14-16-18-19-20-22-24-35-43-57(65-46-54-39-31-27-32-40-54)60(66-47-55-41-33-28-34-42-55)56(62-59(63)44-36-25-23-21-17-15-13-11-9-7-2)48-67-61-52(5)50(3)51(4)58(68-61)49-64-45-53-37-29-26-30-38-53;1-3-5-7-9-11-12-13-14-16-19-22-26-30-37(49)41(52)36(35-56-45-44(55)43(54)42(53)38(34-48)57-45)47-40(51)32-28-24-20-17-15-18-21-25-29-33-46-39(50)31-27-23-10-8-6-4-2;1-2-3-4-5-6-7-8-9(10)11/h26-34,37-42,50-52,56-58,60-61H,6-25,35-36,43-49H2,1-5H3,(H,62,63);36-38,41-45,48-49,52-55H,3-35H2,1-2H3,(H,46,50)(H,47,51);2-8H2,1H3,(H,10,11)/t50-,51+,52?,56-,57+,58?,60-,61-;36-,37+,38?,41-,42-,43-,44?,45-;/m00./s1. The van der Waals surface area contributed by atoms with Crippen LogP contribution in [0.5, 0.6) is 0 Å². The third-order valence-electron chi connectivity index (χ3n) is 27.8. The Morgan fingerprint density at radius 2 is 0.691 bits per heavy atom. The molecule has 2 fully saturated rings. The van der Waals surface area contributed by atoms with Crippen molar-refractivity contribution < 1.29 is 88.1 Å². The van der Waals surface area contributed by atoms with E-state index in [4.69, 9.17) is 38.3 Å². The monoisotopic (exact) mass is 1910 g/mol. The Labute approximate surface area is 828 Å². The van der Waals surface area contributed by atoms with E-state index in [1.807, 2.05) is 30.3 Å². The van der Waals surface area contributed by atoms with Crippen molar-refractivity contribution in [1.82, 2.24) is 16.0 Å². The van der Waals surface area contributed by atoms with Gasteiger partial charge in [0.05, 0.1) is 76.6 Å². The summed E-state index contributed by atoms with van der Waals surface area (Å²) in [6, 6.07) is 29.7. The van der Waals surface area contributed by atoms with E-state index in [9.17, 15) is 49.8 Å². The number of hydrogen-bond acceptors (Lipinski definition) is 17. The number of aliphatic hydroxyl groups excluding tert-OH is 6. The number of hydrogen-bond donors (Lipinski definition) is 10. The largest absolute Gasteiger partial charge is 0.481 e. The summed E-state index contributed by atoms with van der Waals surface area (Å²) in [5.41, 5.74) is 3.36. The van der Waals surface area contributed by atoms with Gasteiger partial charge in [-0.05, 0) is 73.5 Å². The third-order valence-corrected chi connectivity index (χ3v) is 27.8. The van der Waals surface area contributed by atoms with E-state index in [-0.39, 0.29) is 55.5 Å². The molecule has 2 aliphatic heterocycles. The molecule has 0 aromatic heterocycles. The lowest BCUT2D eigenvalue weighted by Crippen LogP contribution is -2.60. The van der Waals surface area contributed by atoms with Gasteiger partial charge in [0.1, 0.15) is 36.6 Å². The fourth-order valence-corrected chi connectivity index (χ4v) is 18.4. The summed E-state index contributed by atoms with van der Waals surface area (Å²) in [5, 5.41) is 80.0. The molecule has 10 N–H and O–H groups in total. The summed E-state index contributed by atoms with van der Waals surface area (Å²) >= 11 is 0. The van der Waals surface area contributed by atoms with Gasteiger partial charge in [-0.2, -0.15) is 0 Å². The van der Waals surface area contributed by atoms with Gasteiger partial charge in [-0.3, -0.25) is 19.2 Å². The number of nitrogens with one attached hydrogen (secondary N) is 3. The first kappa shape index (κ1) is 125. The minimum Gasteiger partial charge on any atom is -0.481 e. The smallest absolute Gasteiger partial charge is 0.303 e. The van der Waals surface area contributed by atoms with Gasteiger partial charge in [0.25, 0.3) is 0 Å². The minimum absolute atomic E-state index is 0.0467. The van der Waals surface area contributed by atoms with Crippen molar-refractivity contribution >= 4 is 23.7 Å². The van der Waals surface area contributed by atoms with Crippen LogP contribution < -0.4 is 16.0 Å². The lowest BCUT2D eigenvalue weighted by atomic mass is 9.79. The van der Waals surface area contributed by atoms with Crippen molar-refractivity contribution in [2.75, 3.05) is 33.0 Å². The summed E-state index contributed by atoms with van der Waals surface area (Å²) < 4.78 is 45.1. The van der Waals surface area contributed by atoms with Crippen LogP contribution in [0.15, 0.2) is 91.0 Å². The van der Waals surface area contributed by atoms with E-state index < -0.39 is 80.0 Å². The maximum atomic E-state index is 14.1. The molecular formula is C115H203N3O18. The van der Waals surface area contributed by atoms with Crippen molar-refractivity contribution in [3.8, 4) is 0 Å². The molecule has 3 amide bonds. The normalized spacial score (nSPS) is 19.6. The maximum absolute atomic E-state index is 14.1. The quantitative estimate of drug-likeness (QED) is 0.0235. The van der Waals surface area contributed by atoms with Crippen LogP contribution in [0.1, 0.15) is 464 Å². The second-order valence-electron chi connectivity index (χ2n) is 40.0. The number of carboxylic acid groups (broad SMARTS) is 1. The van der Waals surface area contributed by atoms with Gasteiger partial charge in [0, 0.05) is 38.1 Å². The number of carbonyl (C=O) groups excluding carboxylic acids is 3. The molecule has 0 bridgehead atoms. The fourth-order valence-electron chi connectivity index (χ4n) is 18.4. The van der Waals surface area contributed by atoms with Crippen LogP contribution in [0, 0.1) is 17.8 Å². The molecule has 21 heteroatoms. The summed E-state index contributed by atoms with van der Waals surface area (Å²) in [7, 11) is 0. The number of benzene rings is 3. The zero-order valence-electron chi connectivity index (χ0n) is 87.3. The molecule has 2 aliphatic rings. The first-order valence-corrected chi connectivity index (χ1v) is 55.9. The summed E-state index contributed by atoms with van der Waals surface area (Å²) in [4.78, 5) is 49.2. The third kappa shape index (κ3) is 63.8. The van der Waals surface area contributed by atoms with Crippen molar-refractivity contribution in [2.24, 2.45) is 17.8 Å². The molecule has 3 aromatic rings. The number of unbranched alkanes of at least 4 members (excludes halogenated alkanes) is 49. The van der Waals surface area contributed by atoms with Gasteiger partial charge < -0.3 is 84.9 Å². The Morgan fingerprint density at radius 3 is 1.10 bits per heavy atom. The number of carboxylic acids is 1. The molecule has 3 aromatic carbocycles. The highest BCUT2D eigenvalue weighted by atomic mass is 16.7. The number of aliphatic carboxylic acids is 1. The van der Waals surface area contributed by atoms with Gasteiger partial charge in [0.15, 0.2) is 12.6 Å². The van der Waals surface area contributed by atoms with E-state index in [1.54, 1.807) is 0 Å². The zero-order chi connectivity index (χ0) is 98.7. The van der Waals surface area contributed by atoms with Crippen LogP contribution in [0.25, 0.3) is 0 Å². The molecule has 136 heavy (non-hydrogen) atoms. The Balaban J connectivity index is 0.000000637. The Kier molecular flexibility index (Phi) is 79.8. The number of ether oxygens (including phenoxy) is 7. The zero-order valence-corrected chi connectivity index (χ0v) is 87.3. The molecule has 4 unspecified atom stereocenters. The van der Waals surface area contributed by atoms with E-state index >= 15 is 0 Å². The van der Waals surface area contributed by atoms with Crippen molar-refractivity contribution in [2.45, 2.75) is 546 Å². The maximum Gasteiger partial charge on any atom is 0.303 e. The average molecular weight is 1920 g/mol. The van der Waals surface area contributed by atoms with Crippen molar-refractivity contribution in [3.63, 3.8) is 0 Å². The first-order chi connectivity index (χ1) is 66.3. The predicted molar refractivity (Wildman–Crippen MR) is 554 cm³/mol. The van der Waals surface area contributed by atoms with E-state index in [2.05, 4.69) is 132 Å². The molecule has 0 spiro atoms. The van der Waals surface area contributed by atoms with Gasteiger partial charge in [-0.1, -0.05) is 467 Å². The molecule has 0 saturated carbocycles. The average Bonchev–Trinajstić information content (AvgIpc) is 0.811. The fraction of sp³-hybridized carbons (Fsp3) is 0.809. The predicted octanol–water partition coefficient (Wildman–Crippen LogP) is 25.6. The second kappa shape index (κ2) is 86.7. The van der Waals surface area contributed by atoms with Gasteiger partial charge in [0.2, 0.25) is 17.7 Å². The highest BCUT2D eigenvalue weighted by Gasteiger charge is 2.46. The summed E-state index contributed by atoms with van der Waals surface area (Å²) in [6.07, 6.45) is 57.2. The van der Waals surface area contributed by atoms with E-state index in [1.165, 1.54) is 218 Å². The number of rotatable bonds is 86. The topological polar surface area (TPSA) is 311 Å². The van der Waals surface area contributed by atoms with Crippen LogP contribution in [0.4, 0.5) is 0 Å². The van der Waals surface area contributed by atoms with Crippen LogP contribution in [0.2, 0.25) is 0 Å². The molecule has 2 heterocycles. The van der Waals surface area contributed by atoms with Crippen LogP contribution in [-0.2, 0) is 72.2 Å². The lowest BCUT2D eigenvalue weighted by molar-refractivity contribution is -0.303. The number of amides is 3. The molecule has 786 valence electrons. The molecule has 0 aliphatic carbocycles. The number of aliphatic hydroxyl groups is 6. The molecule has 16 atom stereocenters. The molecule has 5 rings (SSSR count).